The first-order valence-corrected chi connectivity index (χ1v) is 9.01. The first-order valence-electron chi connectivity index (χ1n) is 9.01. The van der Waals surface area contributed by atoms with Gasteiger partial charge in [-0.05, 0) is 41.4 Å². The largest absolute Gasteiger partial charge is 0.497 e. The van der Waals surface area contributed by atoms with Crippen molar-refractivity contribution in [3.63, 3.8) is 0 Å². The van der Waals surface area contributed by atoms with Crippen molar-refractivity contribution in [2.75, 3.05) is 33.4 Å². The molecule has 140 valence electrons. The molecule has 2 aromatic carbocycles. The number of ether oxygens (including phenoxy) is 3. The van der Waals surface area contributed by atoms with Crippen molar-refractivity contribution in [2.24, 2.45) is 0 Å². The van der Waals surface area contributed by atoms with Crippen LogP contribution in [0.1, 0.15) is 24.8 Å². The molecule has 1 aliphatic heterocycles. The monoisotopic (exact) mass is 358 g/mol. The summed E-state index contributed by atoms with van der Waals surface area (Å²) in [6, 6.07) is 12.2. The van der Waals surface area contributed by atoms with E-state index in [0.29, 0.717) is 13.2 Å². The van der Waals surface area contributed by atoms with Gasteiger partial charge in [-0.25, -0.2) is 0 Å². The lowest BCUT2D eigenvalue weighted by Crippen LogP contribution is -2.46. The van der Waals surface area contributed by atoms with Crippen molar-refractivity contribution in [1.29, 1.82) is 0 Å². The highest BCUT2D eigenvalue weighted by Gasteiger charge is 2.25. The summed E-state index contributed by atoms with van der Waals surface area (Å²) in [7, 11) is 1.67. The van der Waals surface area contributed by atoms with Gasteiger partial charge < -0.3 is 24.8 Å². The minimum absolute atomic E-state index is 0.124. The van der Waals surface area contributed by atoms with E-state index < -0.39 is 6.41 Å². The number of rotatable bonds is 7. The molecule has 0 atom stereocenters. The first kappa shape index (κ1) is 18.6. The third-order valence-corrected chi connectivity index (χ3v) is 4.45. The number of benzene rings is 2. The molecule has 1 aliphatic rings. The van der Waals surface area contributed by atoms with Crippen LogP contribution < -0.4 is 15.4 Å². The molecule has 0 radical (unpaired) electrons. The zero-order chi connectivity index (χ0) is 18.4. The molecular formula is C20H26N2O4. The van der Waals surface area contributed by atoms with Crippen LogP contribution in [-0.2, 0) is 14.3 Å². The highest BCUT2D eigenvalue weighted by molar-refractivity contribution is 5.87. The molecule has 1 amide bonds. The van der Waals surface area contributed by atoms with Crippen LogP contribution >= 0.6 is 0 Å². The average Bonchev–Trinajstić information content (AvgIpc) is 2.68. The van der Waals surface area contributed by atoms with Crippen LogP contribution in [0.4, 0.5) is 0 Å². The van der Waals surface area contributed by atoms with Crippen molar-refractivity contribution in [3.8, 4) is 5.75 Å². The van der Waals surface area contributed by atoms with Crippen LogP contribution in [0, 0.1) is 0 Å². The fourth-order valence-corrected chi connectivity index (χ4v) is 3.10. The van der Waals surface area contributed by atoms with Crippen LogP contribution in [0.2, 0.25) is 0 Å². The second-order valence-electron chi connectivity index (χ2n) is 6.37. The van der Waals surface area contributed by atoms with Gasteiger partial charge in [-0.3, -0.25) is 4.79 Å². The Morgan fingerprint density at radius 1 is 1.23 bits per heavy atom. The van der Waals surface area contributed by atoms with E-state index in [9.17, 15) is 4.79 Å². The van der Waals surface area contributed by atoms with Crippen molar-refractivity contribution in [1.82, 2.24) is 10.6 Å². The zero-order valence-electron chi connectivity index (χ0n) is 15.3. The maximum atomic E-state index is 11.8. The molecule has 0 bridgehead atoms. The van der Waals surface area contributed by atoms with Gasteiger partial charge in [0.2, 0.25) is 12.3 Å². The molecule has 1 saturated heterocycles. The number of methoxy groups -OCH3 is 1. The maximum Gasteiger partial charge on any atom is 0.240 e. The second-order valence-corrected chi connectivity index (χ2v) is 6.37. The quantitative estimate of drug-likeness (QED) is 0.744. The Balaban J connectivity index is 1.60. The van der Waals surface area contributed by atoms with Gasteiger partial charge in [0.15, 0.2) is 0 Å². The third-order valence-electron chi connectivity index (χ3n) is 4.45. The van der Waals surface area contributed by atoms with Gasteiger partial charge in [0.25, 0.3) is 0 Å². The van der Waals surface area contributed by atoms with E-state index >= 15 is 0 Å². The Morgan fingerprint density at radius 3 is 2.77 bits per heavy atom. The summed E-state index contributed by atoms with van der Waals surface area (Å²) in [5.74, 6) is 0.836. The molecule has 0 aliphatic carbocycles. The fraction of sp³-hybridized carbons (Fsp3) is 0.450. The zero-order valence-corrected chi connectivity index (χ0v) is 15.3. The number of carbonyl (C=O) groups is 1. The lowest BCUT2D eigenvalue weighted by Gasteiger charge is -2.30. The summed E-state index contributed by atoms with van der Waals surface area (Å²) in [6.07, 6.45) is 0.305. The second kappa shape index (κ2) is 8.98. The van der Waals surface area contributed by atoms with Crippen LogP contribution in [0.15, 0.2) is 36.4 Å². The van der Waals surface area contributed by atoms with Crippen LogP contribution in [0.5, 0.6) is 5.75 Å². The Labute approximate surface area is 153 Å². The minimum atomic E-state index is -0.683. The topological polar surface area (TPSA) is 68.8 Å². The van der Waals surface area contributed by atoms with E-state index in [0.717, 1.165) is 29.5 Å². The molecule has 6 heteroatoms. The molecule has 1 heterocycles. The maximum absolute atomic E-state index is 11.8. The summed E-state index contributed by atoms with van der Waals surface area (Å²) in [5.41, 5.74) is 1.18. The van der Waals surface area contributed by atoms with Crippen molar-refractivity contribution in [2.45, 2.75) is 25.7 Å². The van der Waals surface area contributed by atoms with Gasteiger partial charge in [-0.15, -0.1) is 0 Å². The molecule has 6 nitrogen and oxygen atoms in total. The molecule has 0 aromatic heterocycles. The van der Waals surface area contributed by atoms with Gasteiger partial charge in [0.05, 0.1) is 26.9 Å². The standard InChI is InChI=1S/C20H26N2O4/c1-3-9-21-11-19(23)22-20-25-12-15(13-26-20)17-6-4-5-14-10-16(24-2)7-8-18(14)17/h4-8,10,15,20-21H,3,9,11-13H2,1-2H3,(H,22,23). The number of hydrogen-bond acceptors (Lipinski definition) is 5. The molecule has 2 aromatic rings. The predicted octanol–water partition coefficient (Wildman–Crippen LogP) is 2.38. The van der Waals surface area contributed by atoms with E-state index in [1.165, 1.54) is 5.56 Å². The average molecular weight is 358 g/mol. The molecule has 1 fully saturated rings. The lowest BCUT2D eigenvalue weighted by atomic mass is 9.94. The van der Waals surface area contributed by atoms with Gasteiger partial charge in [0.1, 0.15) is 5.75 Å². The Morgan fingerprint density at radius 2 is 2.04 bits per heavy atom. The summed E-state index contributed by atoms with van der Waals surface area (Å²) in [5, 5.41) is 8.08. The lowest BCUT2D eigenvalue weighted by molar-refractivity contribution is -0.203. The SMILES string of the molecule is CCCNCC(=O)NC1OCC(c2cccc3cc(OC)ccc23)CO1. The molecule has 26 heavy (non-hydrogen) atoms. The Hall–Kier alpha value is -2.15. The van der Waals surface area contributed by atoms with Gasteiger partial charge >= 0.3 is 0 Å². The molecule has 0 spiro atoms. The van der Waals surface area contributed by atoms with E-state index in [1.807, 2.05) is 18.2 Å². The Bertz CT molecular complexity index is 742. The number of carbonyl (C=O) groups excluding carboxylic acids is 1. The highest BCUT2D eigenvalue weighted by Crippen LogP contribution is 2.30. The van der Waals surface area contributed by atoms with E-state index in [4.69, 9.17) is 14.2 Å². The van der Waals surface area contributed by atoms with E-state index in [2.05, 4.69) is 35.8 Å². The Kier molecular flexibility index (Phi) is 6.44. The third kappa shape index (κ3) is 4.52. The van der Waals surface area contributed by atoms with Crippen LogP contribution in [0.3, 0.4) is 0 Å². The number of amides is 1. The van der Waals surface area contributed by atoms with Gasteiger partial charge in [0, 0.05) is 5.92 Å². The van der Waals surface area contributed by atoms with E-state index in [1.54, 1.807) is 7.11 Å². The smallest absolute Gasteiger partial charge is 0.240 e. The normalized spacial score (nSPS) is 20.1. The molecular weight excluding hydrogens is 332 g/mol. The summed E-state index contributed by atoms with van der Waals surface area (Å²) < 4.78 is 16.7. The molecule has 0 saturated carbocycles. The van der Waals surface area contributed by atoms with Gasteiger partial charge in [-0.2, -0.15) is 0 Å². The fourth-order valence-electron chi connectivity index (χ4n) is 3.10. The summed E-state index contributed by atoms with van der Waals surface area (Å²) in [4.78, 5) is 11.8. The van der Waals surface area contributed by atoms with Crippen molar-refractivity contribution >= 4 is 16.7 Å². The van der Waals surface area contributed by atoms with Crippen molar-refractivity contribution < 1.29 is 19.0 Å². The summed E-state index contributed by atoms with van der Waals surface area (Å²) in [6.45, 7) is 4.14. The molecule has 0 unspecified atom stereocenters. The first-order chi connectivity index (χ1) is 12.7. The molecule has 2 N–H and O–H groups in total. The minimum Gasteiger partial charge on any atom is -0.497 e. The number of fused-ring (bicyclic) bond motifs is 1. The van der Waals surface area contributed by atoms with E-state index in [-0.39, 0.29) is 18.4 Å². The summed E-state index contributed by atoms with van der Waals surface area (Å²) >= 11 is 0. The van der Waals surface area contributed by atoms with Crippen molar-refractivity contribution in [3.05, 3.63) is 42.0 Å². The van der Waals surface area contributed by atoms with Crippen LogP contribution in [0.25, 0.3) is 10.8 Å². The predicted molar refractivity (Wildman–Crippen MR) is 100 cm³/mol. The molecule has 3 rings (SSSR count). The number of hydrogen-bond donors (Lipinski definition) is 2. The van der Waals surface area contributed by atoms with Gasteiger partial charge in [-0.1, -0.05) is 31.2 Å². The highest BCUT2D eigenvalue weighted by atomic mass is 16.7. The number of nitrogens with one attached hydrogen (secondary N) is 2. The van der Waals surface area contributed by atoms with Crippen LogP contribution in [-0.4, -0.2) is 45.7 Å².